The normalized spacial score (nSPS) is 20.6. The predicted molar refractivity (Wildman–Crippen MR) is 84.7 cm³/mol. The molecule has 112 valence electrons. The average molecular weight is 275 g/mol. The van der Waals surface area contributed by atoms with E-state index in [0.717, 1.165) is 12.1 Å². The van der Waals surface area contributed by atoms with Gasteiger partial charge in [-0.05, 0) is 31.4 Å². The summed E-state index contributed by atoms with van der Waals surface area (Å²) in [6.07, 6.45) is 7.81. The maximum atomic E-state index is 10.5. The minimum Gasteiger partial charge on any atom is -0.388 e. The first-order valence-electron chi connectivity index (χ1n) is 8.11. The first-order chi connectivity index (χ1) is 9.68. The summed E-state index contributed by atoms with van der Waals surface area (Å²) in [7, 11) is 2.23. The molecule has 0 heterocycles. The molecule has 2 unspecified atom stereocenters. The molecular weight excluding hydrogens is 246 g/mol. The van der Waals surface area contributed by atoms with Gasteiger partial charge in [0.1, 0.15) is 0 Å². The van der Waals surface area contributed by atoms with E-state index in [2.05, 4.69) is 18.9 Å². The Balaban J connectivity index is 1.88. The topological polar surface area (TPSA) is 23.5 Å². The molecule has 1 saturated carbocycles. The van der Waals surface area contributed by atoms with Crippen LogP contribution in [0.1, 0.15) is 57.1 Å². The van der Waals surface area contributed by atoms with Crippen LogP contribution in [0.2, 0.25) is 0 Å². The third-order valence-corrected chi connectivity index (χ3v) is 4.70. The summed E-state index contributed by atoms with van der Waals surface area (Å²) in [5.41, 5.74) is 1.04. The molecule has 1 aliphatic carbocycles. The van der Waals surface area contributed by atoms with Crippen LogP contribution in [0.15, 0.2) is 30.3 Å². The minimum atomic E-state index is -0.357. The van der Waals surface area contributed by atoms with E-state index in [1.54, 1.807) is 0 Å². The van der Waals surface area contributed by atoms with E-state index in [-0.39, 0.29) is 12.0 Å². The van der Waals surface area contributed by atoms with Gasteiger partial charge in [-0.25, -0.2) is 0 Å². The van der Waals surface area contributed by atoms with Crippen molar-refractivity contribution in [1.29, 1.82) is 0 Å². The van der Waals surface area contributed by atoms with Crippen molar-refractivity contribution in [1.82, 2.24) is 4.90 Å². The molecule has 1 aliphatic rings. The number of hydrogen-bond acceptors (Lipinski definition) is 2. The standard InChI is InChI=1S/C18H29NO/c1-15(18(20)16-10-6-5-7-11-16)14-19(2)17-12-8-3-4-9-13-17/h5-7,10-11,15,17-18,20H,3-4,8-9,12-14H2,1-2H3. The number of aliphatic hydroxyl groups is 1. The van der Waals surface area contributed by atoms with Crippen LogP contribution in [0.25, 0.3) is 0 Å². The zero-order valence-electron chi connectivity index (χ0n) is 13.0. The van der Waals surface area contributed by atoms with Gasteiger partial charge in [0.25, 0.3) is 0 Å². The molecule has 0 amide bonds. The van der Waals surface area contributed by atoms with Crippen LogP contribution in [-0.2, 0) is 0 Å². The molecule has 2 heteroatoms. The second kappa shape index (κ2) is 7.80. The maximum absolute atomic E-state index is 10.5. The summed E-state index contributed by atoms with van der Waals surface area (Å²) >= 11 is 0. The maximum Gasteiger partial charge on any atom is 0.0827 e. The van der Waals surface area contributed by atoms with E-state index in [0.29, 0.717) is 6.04 Å². The molecule has 0 saturated heterocycles. The molecule has 1 aromatic rings. The van der Waals surface area contributed by atoms with Crippen molar-refractivity contribution in [2.75, 3.05) is 13.6 Å². The second-order valence-corrected chi connectivity index (χ2v) is 6.42. The van der Waals surface area contributed by atoms with E-state index in [4.69, 9.17) is 0 Å². The van der Waals surface area contributed by atoms with Crippen LogP contribution in [0.4, 0.5) is 0 Å². The molecule has 20 heavy (non-hydrogen) atoms. The van der Waals surface area contributed by atoms with Gasteiger partial charge in [-0.1, -0.05) is 62.9 Å². The van der Waals surface area contributed by atoms with Gasteiger partial charge in [-0.15, -0.1) is 0 Å². The fraction of sp³-hybridized carbons (Fsp3) is 0.667. The SMILES string of the molecule is CC(CN(C)C1CCCCCC1)C(O)c1ccccc1. The van der Waals surface area contributed by atoms with Crippen LogP contribution >= 0.6 is 0 Å². The van der Waals surface area contributed by atoms with Gasteiger partial charge in [0.2, 0.25) is 0 Å². The Morgan fingerprint density at radius 1 is 1.10 bits per heavy atom. The number of rotatable bonds is 5. The van der Waals surface area contributed by atoms with Crippen LogP contribution in [0, 0.1) is 5.92 Å². The monoisotopic (exact) mass is 275 g/mol. The van der Waals surface area contributed by atoms with Gasteiger partial charge in [0.15, 0.2) is 0 Å². The molecule has 2 rings (SSSR count). The lowest BCUT2D eigenvalue weighted by Crippen LogP contribution is -2.36. The zero-order valence-corrected chi connectivity index (χ0v) is 13.0. The number of benzene rings is 1. The summed E-state index contributed by atoms with van der Waals surface area (Å²) < 4.78 is 0. The summed E-state index contributed by atoms with van der Waals surface area (Å²) in [6.45, 7) is 3.13. The highest BCUT2D eigenvalue weighted by molar-refractivity contribution is 5.17. The Hall–Kier alpha value is -0.860. The second-order valence-electron chi connectivity index (χ2n) is 6.42. The van der Waals surface area contributed by atoms with Gasteiger partial charge in [0, 0.05) is 12.6 Å². The van der Waals surface area contributed by atoms with E-state index in [9.17, 15) is 5.11 Å². The van der Waals surface area contributed by atoms with Gasteiger partial charge < -0.3 is 10.0 Å². The van der Waals surface area contributed by atoms with Gasteiger partial charge in [-0.3, -0.25) is 0 Å². The zero-order chi connectivity index (χ0) is 14.4. The van der Waals surface area contributed by atoms with E-state index in [1.165, 1.54) is 38.5 Å². The Morgan fingerprint density at radius 2 is 1.70 bits per heavy atom. The van der Waals surface area contributed by atoms with Crippen LogP contribution in [0.5, 0.6) is 0 Å². The van der Waals surface area contributed by atoms with Crippen molar-refractivity contribution < 1.29 is 5.11 Å². The van der Waals surface area contributed by atoms with E-state index in [1.807, 2.05) is 30.3 Å². The Morgan fingerprint density at radius 3 is 2.30 bits per heavy atom. The molecule has 0 bridgehead atoms. The van der Waals surface area contributed by atoms with Crippen LogP contribution < -0.4 is 0 Å². The fourth-order valence-corrected chi connectivity index (χ4v) is 3.38. The third-order valence-electron chi connectivity index (χ3n) is 4.70. The number of hydrogen-bond donors (Lipinski definition) is 1. The number of aliphatic hydroxyl groups excluding tert-OH is 1. The molecule has 2 atom stereocenters. The Labute approximate surface area is 123 Å². The van der Waals surface area contributed by atoms with E-state index < -0.39 is 0 Å². The van der Waals surface area contributed by atoms with Crippen LogP contribution in [0.3, 0.4) is 0 Å². The molecule has 2 nitrogen and oxygen atoms in total. The smallest absolute Gasteiger partial charge is 0.0827 e. The fourth-order valence-electron chi connectivity index (χ4n) is 3.38. The molecule has 0 aromatic heterocycles. The lowest BCUT2D eigenvalue weighted by molar-refractivity contribution is 0.0807. The highest BCUT2D eigenvalue weighted by Gasteiger charge is 2.22. The van der Waals surface area contributed by atoms with Gasteiger partial charge in [-0.2, -0.15) is 0 Å². The average Bonchev–Trinajstić information content (AvgIpc) is 2.76. The quantitative estimate of drug-likeness (QED) is 0.821. The van der Waals surface area contributed by atoms with Crippen molar-refractivity contribution in [2.24, 2.45) is 5.92 Å². The summed E-state index contributed by atoms with van der Waals surface area (Å²) in [5, 5.41) is 10.5. The molecular formula is C18H29NO. The van der Waals surface area contributed by atoms with Crippen molar-refractivity contribution in [3.05, 3.63) is 35.9 Å². The first kappa shape index (κ1) is 15.5. The highest BCUT2D eigenvalue weighted by atomic mass is 16.3. The highest BCUT2D eigenvalue weighted by Crippen LogP contribution is 2.25. The van der Waals surface area contributed by atoms with Crippen molar-refractivity contribution in [3.8, 4) is 0 Å². The Kier molecular flexibility index (Phi) is 6.06. The van der Waals surface area contributed by atoms with Crippen molar-refractivity contribution in [3.63, 3.8) is 0 Å². The third kappa shape index (κ3) is 4.32. The summed E-state index contributed by atoms with van der Waals surface area (Å²) in [6, 6.07) is 10.8. The number of nitrogens with zero attached hydrogens (tertiary/aromatic N) is 1. The lowest BCUT2D eigenvalue weighted by Gasteiger charge is -2.31. The molecule has 0 spiro atoms. The lowest BCUT2D eigenvalue weighted by atomic mass is 9.96. The molecule has 1 N–H and O–H groups in total. The summed E-state index contributed by atoms with van der Waals surface area (Å²) in [5.74, 6) is 0.269. The molecule has 0 radical (unpaired) electrons. The Bertz CT molecular complexity index is 370. The van der Waals surface area contributed by atoms with Crippen LogP contribution in [-0.4, -0.2) is 29.6 Å². The predicted octanol–water partition coefficient (Wildman–Crippen LogP) is 4.01. The molecule has 1 fully saturated rings. The van der Waals surface area contributed by atoms with Gasteiger partial charge >= 0.3 is 0 Å². The van der Waals surface area contributed by atoms with Crippen molar-refractivity contribution in [2.45, 2.75) is 57.6 Å². The van der Waals surface area contributed by atoms with Gasteiger partial charge in [0.05, 0.1) is 6.10 Å². The van der Waals surface area contributed by atoms with Crippen molar-refractivity contribution >= 4 is 0 Å². The largest absolute Gasteiger partial charge is 0.388 e. The summed E-state index contributed by atoms with van der Waals surface area (Å²) in [4.78, 5) is 2.47. The molecule has 1 aromatic carbocycles. The minimum absolute atomic E-state index is 0.269. The first-order valence-corrected chi connectivity index (χ1v) is 8.11. The molecule has 0 aliphatic heterocycles. The van der Waals surface area contributed by atoms with E-state index >= 15 is 0 Å².